The fourth-order valence-corrected chi connectivity index (χ4v) is 2.80. The van der Waals surface area contributed by atoms with Crippen molar-refractivity contribution in [2.24, 2.45) is 0 Å². The third kappa shape index (κ3) is 1.78. The Bertz CT molecular complexity index is 1060. The number of hydrogen-bond donors (Lipinski definition) is 2. The van der Waals surface area contributed by atoms with Crippen LogP contribution in [0.3, 0.4) is 0 Å². The molecule has 0 spiro atoms. The van der Waals surface area contributed by atoms with E-state index >= 15 is 0 Å². The molecular weight excluding hydrogens is 276 g/mol. The van der Waals surface area contributed by atoms with Crippen LogP contribution in [0.1, 0.15) is 15.9 Å². The number of nitrogens with one attached hydrogen (secondary N) is 2. The monoisotopic (exact) mass is 288 g/mol. The summed E-state index contributed by atoms with van der Waals surface area (Å²) in [6.45, 7) is 0. The van der Waals surface area contributed by atoms with Gasteiger partial charge < -0.3 is 9.97 Å². The molecule has 4 nitrogen and oxygen atoms in total. The van der Waals surface area contributed by atoms with Crippen molar-refractivity contribution in [1.82, 2.24) is 9.97 Å². The number of carbonyl (C=O) groups is 1. The van der Waals surface area contributed by atoms with E-state index < -0.39 is 0 Å². The minimum atomic E-state index is -0.221. The molecule has 2 heterocycles. The van der Waals surface area contributed by atoms with Crippen molar-refractivity contribution in [3.05, 3.63) is 82.3 Å². The number of fused-ring (bicyclic) bond motifs is 3. The largest absolute Gasteiger partial charge is 0.356 e. The van der Waals surface area contributed by atoms with Crippen molar-refractivity contribution in [3.63, 3.8) is 0 Å². The molecule has 0 aliphatic rings. The molecule has 0 atom stereocenters. The summed E-state index contributed by atoms with van der Waals surface area (Å²) < 4.78 is 0. The summed E-state index contributed by atoms with van der Waals surface area (Å²) >= 11 is 0. The maximum Gasteiger partial charge on any atom is 0.272 e. The molecule has 0 radical (unpaired) electrons. The maximum atomic E-state index is 12.7. The SMILES string of the molecule is O=C(c1ccccc1)c1c[nH]c2c(=O)[nH]c3ccccc3c12. The Morgan fingerprint density at radius 3 is 2.45 bits per heavy atom. The number of aromatic amines is 2. The molecule has 0 saturated carbocycles. The van der Waals surface area contributed by atoms with Gasteiger partial charge in [-0.05, 0) is 6.07 Å². The zero-order chi connectivity index (χ0) is 15.1. The predicted molar refractivity (Wildman–Crippen MR) is 86.3 cm³/mol. The van der Waals surface area contributed by atoms with E-state index in [1.54, 1.807) is 18.3 Å². The van der Waals surface area contributed by atoms with Crippen LogP contribution in [0.5, 0.6) is 0 Å². The van der Waals surface area contributed by atoms with E-state index in [0.29, 0.717) is 22.0 Å². The first-order chi connectivity index (χ1) is 10.8. The van der Waals surface area contributed by atoms with E-state index in [9.17, 15) is 9.59 Å². The summed E-state index contributed by atoms with van der Waals surface area (Å²) in [5.41, 5.74) is 2.05. The van der Waals surface area contributed by atoms with Crippen LogP contribution in [-0.4, -0.2) is 15.8 Å². The van der Waals surface area contributed by atoms with E-state index in [4.69, 9.17) is 0 Å². The minimum absolute atomic E-state index is 0.0948. The van der Waals surface area contributed by atoms with Gasteiger partial charge in [0.05, 0.1) is 0 Å². The summed E-state index contributed by atoms with van der Waals surface area (Å²) in [6.07, 6.45) is 1.61. The molecule has 0 aliphatic carbocycles. The molecule has 2 N–H and O–H groups in total. The van der Waals surface area contributed by atoms with E-state index in [2.05, 4.69) is 9.97 Å². The van der Waals surface area contributed by atoms with E-state index in [1.807, 2.05) is 42.5 Å². The summed E-state index contributed by atoms with van der Waals surface area (Å²) in [5, 5.41) is 1.53. The molecule has 2 aromatic carbocycles. The fraction of sp³-hybridized carbons (Fsp3) is 0. The molecule has 106 valence electrons. The van der Waals surface area contributed by atoms with Gasteiger partial charge in [0.25, 0.3) is 5.56 Å². The van der Waals surface area contributed by atoms with Crippen LogP contribution in [0.4, 0.5) is 0 Å². The summed E-state index contributed by atoms with van der Waals surface area (Å²) in [4.78, 5) is 30.7. The van der Waals surface area contributed by atoms with Gasteiger partial charge in [-0.3, -0.25) is 9.59 Å². The number of carbonyl (C=O) groups excluding carboxylic acids is 1. The van der Waals surface area contributed by atoms with Crippen LogP contribution in [0, 0.1) is 0 Å². The first-order valence-electron chi connectivity index (χ1n) is 6.97. The number of pyridine rings is 1. The molecule has 0 saturated heterocycles. The highest BCUT2D eigenvalue weighted by Gasteiger charge is 2.17. The first kappa shape index (κ1) is 12.6. The summed E-state index contributed by atoms with van der Waals surface area (Å²) in [7, 11) is 0. The number of H-pyrrole nitrogens is 2. The Morgan fingerprint density at radius 1 is 0.909 bits per heavy atom. The number of hydrogen-bond acceptors (Lipinski definition) is 2. The topological polar surface area (TPSA) is 65.7 Å². The Labute approximate surface area is 125 Å². The summed E-state index contributed by atoms with van der Waals surface area (Å²) in [5.74, 6) is -0.0948. The smallest absolute Gasteiger partial charge is 0.272 e. The molecule has 4 heteroatoms. The average molecular weight is 288 g/mol. The van der Waals surface area contributed by atoms with E-state index in [0.717, 1.165) is 10.9 Å². The molecule has 22 heavy (non-hydrogen) atoms. The van der Waals surface area contributed by atoms with Gasteiger partial charge in [0, 0.05) is 33.6 Å². The van der Waals surface area contributed by atoms with Gasteiger partial charge >= 0.3 is 0 Å². The highest BCUT2D eigenvalue weighted by atomic mass is 16.1. The number of rotatable bonds is 2. The molecule has 0 amide bonds. The average Bonchev–Trinajstić information content (AvgIpc) is 3.01. The quantitative estimate of drug-likeness (QED) is 0.556. The normalized spacial score (nSPS) is 11.1. The van der Waals surface area contributed by atoms with E-state index in [1.165, 1.54) is 0 Å². The maximum absolute atomic E-state index is 12.7. The predicted octanol–water partition coefficient (Wildman–Crippen LogP) is 3.24. The molecule has 4 aromatic rings. The van der Waals surface area contributed by atoms with E-state index in [-0.39, 0.29) is 11.3 Å². The van der Waals surface area contributed by atoms with Gasteiger partial charge in [0.1, 0.15) is 5.52 Å². The van der Waals surface area contributed by atoms with Crippen molar-refractivity contribution in [3.8, 4) is 0 Å². The first-order valence-corrected chi connectivity index (χ1v) is 6.97. The van der Waals surface area contributed by atoms with Crippen molar-refractivity contribution < 1.29 is 4.79 Å². The highest BCUT2D eigenvalue weighted by molar-refractivity contribution is 6.21. The second kappa shape index (κ2) is 4.70. The standard InChI is InChI=1S/C18H12N2O2/c21-17(11-6-2-1-3-7-11)13-10-19-16-15(13)12-8-4-5-9-14(12)20-18(16)22/h1-10,19H,(H,20,22). The van der Waals surface area contributed by atoms with Gasteiger partial charge in [-0.1, -0.05) is 48.5 Å². The third-order valence-corrected chi connectivity index (χ3v) is 3.83. The minimum Gasteiger partial charge on any atom is -0.356 e. The number of para-hydroxylation sites is 1. The molecule has 0 bridgehead atoms. The van der Waals surface area contributed by atoms with Crippen LogP contribution in [-0.2, 0) is 0 Å². The van der Waals surface area contributed by atoms with Gasteiger partial charge in [0.15, 0.2) is 5.78 Å². The lowest BCUT2D eigenvalue weighted by Gasteiger charge is -2.03. The molecular formula is C18H12N2O2. The van der Waals surface area contributed by atoms with Gasteiger partial charge in [-0.15, -0.1) is 0 Å². The molecule has 0 fully saturated rings. The number of ketones is 1. The highest BCUT2D eigenvalue weighted by Crippen LogP contribution is 2.26. The van der Waals surface area contributed by atoms with Gasteiger partial charge in [0.2, 0.25) is 0 Å². The second-order valence-electron chi connectivity index (χ2n) is 5.15. The van der Waals surface area contributed by atoms with Crippen LogP contribution >= 0.6 is 0 Å². The zero-order valence-corrected chi connectivity index (χ0v) is 11.6. The Balaban J connectivity index is 2.08. The van der Waals surface area contributed by atoms with Crippen LogP contribution < -0.4 is 5.56 Å². The van der Waals surface area contributed by atoms with Gasteiger partial charge in [-0.2, -0.15) is 0 Å². The van der Waals surface area contributed by atoms with Gasteiger partial charge in [-0.25, -0.2) is 0 Å². The summed E-state index contributed by atoms with van der Waals surface area (Å²) in [6, 6.07) is 16.6. The third-order valence-electron chi connectivity index (χ3n) is 3.83. The van der Waals surface area contributed by atoms with Crippen LogP contribution in [0.2, 0.25) is 0 Å². The zero-order valence-electron chi connectivity index (χ0n) is 11.6. The lowest BCUT2D eigenvalue weighted by Crippen LogP contribution is -2.07. The Kier molecular flexibility index (Phi) is 2.69. The van der Waals surface area contributed by atoms with Crippen LogP contribution in [0.15, 0.2) is 65.6 Å². The van der Waals surface area contributed by atoms with Crippen molar-refractivity contribution in [1.29, 1.82) is 0 Å². The van der Waals surface area contributed by atoms with Crippen LogP contribution in [0.25, 0.3) is 21.8 Å². The lowest BCUT2D eigenvalue weighted by molar-refractivity contribution is 0.104. The number of aromatic nitrogens is 2. The fourth-order valence-electron chi connectivity index (χ4n) is 2.80. The molecule has 4 rings (SSSR count). The second-order valence-corrected chi connectivity index (χ2v) is 5.15. The Hall–Kier alpha value is -3.14. The van der Waals surface area contributed by atoms with Crippen molar-refractivity contribution in [2.45, 2.75) is 0 Å². The van der Waals surface area contributed by atoms with Crippen molar-refractivity contribution in [2.75, 3.05) is 0 Å². The molecule has 2 aromatic heterocycles. The number of benzene rings is 2. The van der Waals surface area contributed by atoms with Crippen molar-refractivity contribution >= 4 is 27.6 Å². The lowest BCUT2D eigenvalue weighted by atomic mass is 10.0. The Morgan fingerprint density at radius 2 is 1.64 bits per heavy atom. The molecule has 0 aliphatic heterocycles. The molecule has 0 unspecified atom stereocenters.